The third-order valence-electron chi connectivity index (χ3n) is 5.37. The van der Waals surface area contributed by atoms with Crippen LogP contribution in [-0.4, -0.2) is 66.7 Å². The minimum atomic E-state index is -0.0655. The summed E-state index contributed by atoms with van der Waals surface area (Å²) in [6.45, 7) is 5.36. The van der Waals surface area contributed by atoms with Gasteiger partial charge in [0.15, 0.2) is 5.78 Å². The lowest BCUT2D eigenvalue weighted by molar-refractivity contribution is -0.122. The molecule has 1 fully saturated rings. The van der Waals surface area contributed by atoms with E-state index in [1.807, 2.05) is 37.3 Å². The van der Waals surface area contributed by atoms with E-state index < -0.39 is 0 Å². The van der Waals surface area contributed by atoms with Crippen LogP contribution in [0.4, 0.5) is 0 Å². The Bertz CT molecular complexity index is 946. The SMILES string of the molecule is CCNC(=O)CN1CCN(C(=O)c2ccc3c(c2)C(=O)c2ccccc2-3)CC1. The van der Waals surface area contributed by atoms with E-state index in [9.17, 15) is 14.4 Å². The number of carbonyl (C=O) groups excluding carboxylic acids is 3. The number of hydrogen-bond donors (Lipinski definition) is 1. The van der Waals surface area contributed by atoms with Crippen LogP contribution in [0, 0.1) is 0 Å². The summed E-state index contributed by atoms with van der Waals surface area (Å²) in [4.78, 5) is 41.2. The van der Waals surface area contributed by atoms with Gasteiger partial charge in [-0.2, -0.15) is 0 Å². The van der Waals surface area contributed by atoms with Crippen LogP contribution in [-0.2, 0) is 4.79 Å². The van der Waals surface area contributed by atoms with Gasteiger partial charge in [0.05, 0.1) is 6.54 Å². The van der Waals surface area contributed by atoms with Gasteiger partial charge in [0.25, 0.3) is 5.91 Å². The van der Waals surface area contributed by atoms with Crippen LogP contribution in [0.15, 0.2) is 42.5 Å². The lowest BCUT2D eigenvalue weighted by Crippen LogP contribution is -2.51. The number of nitrogens with zero attached hydrogens (tertiary/aromatic N) is 2. The second-order valence-corrected chi connectivity index (χ2v) is 7.16. The molecule has 1 heterocycles. The number of ketones is 1. The maximum absolute atomic E-state index is 12.9. The smallest absolute Gasteiger partial charge is 0.253 e. The van der Waals surface area contributed by atoms with Crippen molar-refractivity contribution in [3.63, 3.8) is 0 Å². The average Bonchev–Trinajstić information content (AvgIpc) is 3.00. The van der Waals surface area contributed by atoms with E-state index >= 15 is 0 Å². The fraction of sp³-hybridized carbons (Fsp3) is 0.318. The van der Waals surface area contributed by atoms with Gasteiger partial charge in [-0.3, -0.25) is 19.3 Å². The van der Waals surface area contributed by atoms with Gasteiger partial charge in [0.2, 0.25) is 5.91 Å². The Morgan fingerprint density at radius 3 is 2.32 bits per heavy atom. The third kappa shape index (κ3) is 3.31. The van der Waals surface area contributed by atoms with Gasteiger partial charge in [-0.25, -0.2) is 0 Å². The third-order valence-corrected chi connectivity index (χ3v) is 5.37. The van der Waals surface area contributed by atoms with Crippen molar-refractivity contribution in [2.45, 2.75) is 6.92 Å². The minimum absolute atomic E-state index is 0.0129. The number of likely N-dealkylation sites (N-methyl/N-ethyl adjacent to an activating group) is 1. The molecule has 1 aliphatic heterocycles. The standard InChI is InChI=1S/C22H23N3O3/c1-2-23-20(26)14-24-9-11-25(12-10-24)22(28)15-7-8-17-16-5-3-4-6-18(16)21(27)19(17)13-15/h3-8,13H,2,9-12,14H2,1H3,(H,23,26). The van der Waals surface area contributed by atoms with Gasteiger partial charge in [-0.1, -0.05) is 30.3 Å². The Hall–Kier alpha value is -2.99. The van der Waals surface area contributed by atoms with Crippen LogP contribution in [0.5, 0.6) is 0 Å². The molecule has 2 aromatic rings. The Morgan fingerprint density at radius 2 is 1.61 bits per heavy atom. The van der Waals surface area contributed by atoms with E-state index in [4.69, 9.17) is 0 Å². The van der Waals surface area contributed by atoms with Crippen LogP contribution >= 0.6 is 0 Å². The first-order chi connectivity index (χ1) is 13.6. The average molecular weight is 377 g/mol. The number of fused-ring (bicyclic) bond motifs is 3. The predicted octanol–water partition coefficient (Wildman–Crippen LogP) is 1.79. The van der Waals surface area contributed by atoms with E-state index in [1.54, 1.807) is 17.0 Å². The second kappa shape index (κ2) is 7.56. The Balaban J connectivity index is 1.45. The predicted molar refractivity (Wildman–Crippen MR) is 106 cm³/mol. The molecule has 4 rings (SSSR count). The molecule has 2 aromatic carbocycles. The molecule has 0 bridgehead atoms. The van der Waals surface area contributed by atoms with E-state index in [0.717, 1.165) is 11.1 Å². The maximum Gasteiger partial charge on any atom is 0.253 e. The van der Waals surface area contributed by atoms with Crippen LogP contribution < -0.4 is 5.32 Å². The van der Waals surface area contributed by atoms with Gasteiger partial charge in [-0.05, 0) is 30.2 Å². The molecule has 0 spiro atoms. The number of hydrogen-bond acceptors (Lipinski definition) is 4. The summed E-state index contributed by atoms with van der Waals surface area (Å²) in [5.74, 6) is -0.0739. The summed E-state index contributed by atoms with van der Waals surface area (Å²) in [7, 11) is 0. The Kier molecular flexibility index (Phi) is 4.96. The van der Waals surface area contributed by atoms with Gasteiger partial charge in [0, 0.05) is 49.4 Å². The lowest BCUT2D eigenvalue weighted by atomic mass is 10.0. The Labute approximate surface area is 164 Å². The van der Waals surface area contributed by atoms with Crippen molar-refractivity contribution in [1.82, 2.24) is 15.1 Å². The topological polar surface area (TPSA) is 69.7 Å². The number of rotatable bonds is 4. The molecular weight excluding hydrogens is 354 g/mol. The van der Waals surface area contributed by atoms with Gasteiger partial charge < -0.3 is 10.2 Å². The molecule has 0 atom stereocenters. The number of piperazine rings is 1. The first kappa shape index (κ1) is 18.4. The molecule has 2 aliphatic rings. The van der Waals surface area contributed by atoms with Crippen molar-refractivity contribution >= 4 is 17.6 Å². The highest BCUT2D eigenvalue weighted by atomic mass is 16.2. The largest absolute Gasteiger partial charge is 0.355 e. The van der Waals surface area contributed by atoms with E-state index in [1.165, 1.54) is 0 Å². The monoisotopic (exact) mass is 377 g/mol. The van der Waals surface area contributed by atoms with Crippen molar-refractivity contribution < 1.29 is 14.4 Å². The molecule has 1 N–H and O–H groups in total. The molecule has 0 saturated carbocycles. The number of nitrogens with one attached hydrogen (secondary N) is 1. The highest BCUT2D eigenvalue weighted by Crippen LogP contribution is 2.36. The zero-order valence-corrected chi connectivity index (χ0v) is 15.9. The maximum atomic E-state index is 12.9. The first-order valence-corrected chi connectivity index (χ1v) is 9.65. The van der Waals surface area contributed by atoms with Crippen LogP contribution in [0.2, 0.25) is 0 Å². The van der Waals surface area contributed by atoms with Crippen molar-refractivity contribution in [2.24, 2.45) is 0 Å². The first-order valence-electron chi connectivity index (χ1n) is 9.65. The second-order valence-electron chi connectivity index (χ2n) is 7.16. The van der Waals surface area contributed by atoms with Gasteiger partial charge in [0.1, 0.15) is 0 Å². The minimum Gasteiger partial charge on any atom is -0.355 e. The number of carbonyl (C=O) groups is 3. The van der Waals surface area contributed by atoms with Gasteiger partial charge >= 0.3 is 0 Å². The molecular formula is C22H23N3O3. The normalized spacial score (nSPS) is 15.9. The molecule has 0 unspecified atom stereocenters. The molecule has 2 amide bonds. The van der Waals surface area contributed by atoms with E-state index in [0.29, 0.717) is 56.0 Å². The highest BCUT2D eigenvalue weighted by Gasteiger charge is 2.29. The van der Waals surface area contributed by atoms with Crippen LogP contribution in [0.3, 0.4) is 0 Å². The highest BCUT2D eigenvalue weighted by molar-refractivity contribution is 6.22. The van der Waals surface area contributed by atoms with Gasteiger partial charge in [-0.15, -0.1) is 0 Å². The lowest BCUT2D eigenvalue weighted by Gasteiger charge is -2.34. The van der Waals surface area contributed by atoms with Crippen molar-refractivity contribution in [1.29, 1.82) is 0 Å². The number of amides is 2. The van der Waals surface area contributed by atoms with Crippen molar-refractivity contribution in [3.8, 4) is 11.1 Å². The summed E-state index contributed by atoms with van der Waals surface area (Å²) in [6.07, 6.45) is 0. The van der Waals surface area contributed by atoms with Crippen molar-refractivity contribution in [2.75, 3.05) is 39.3 Å². The van der Waals surface area contributed by atoms with Crippen LogP contribution in [0.25, 0.3) is 11.1 Å². The molecule has 6 heteroatoms. The molecule has 1 aliphatic carbocycles. The fourth-order valence-electron chi connectivity index (χ4n) is 3.91. The molecule has 144 valence electrons. The zero-order chi connectivity index (χ0) is 19.7. The summed E-state index contributed by atoms with van der Waals surface area (Å²) in [6, 6.07) is 12.9. The number of benzene rings is 2. The van der Waals surface area contributed by atoms with E-state index in [2.05, 4.69) is 10.2 Å². The molecule has 0 radical (unpaired) electrons. The summed E-state index contributed by atoms with van der Waals surface area (Å²) < 4.78 is 0. The van der Waals surface area contributed by atoms with Crippen molar-refractivity contribution in [3.05, 3.63) is 59.2 Å². The molecule has 0 aromatic heterocycles. The molecule has 28 heavy (non-hydrogen) atoms. The Morgan fingerprint density at radius 1 is 0.929 bits per heavy atom. The van der Waals surface area contributed by atoms with Crippen LogP contribution in [0.1, 0.15) is 33.2 Å². The fourth-order valence-corrected chi connectivity index (χ4v) is 3.91. The quantitative estimate of drug-likeness (QED) is 0.753. The van der Waals surface area contributed by atoms with E-state index in [-0.39, 0.29) is 17.6 Å². The summed E-state index contributed by atoms with van der Waals surface area (Å²) in [5.41, 5.74) is 3.66. The summed E-state index contributed by atoms with van der Waals surface area (Å²) >= 11 is 0. The molecule has 6 nitrogen and oxygen atoms in total. The molecule has 1 saturated heterocycles. The summed E-state index contributed by atoms with van der Waals surface area (Å²) in [5, 5.41) is 2.80. The zero-order valence-electron chi connectivity index (χ0n) is 15.9.